The van der Waals surface area contributed by atoms with E-state index in [1.54, 1.807) is 0 Å². The van der Waals surface area contributed by atoms with Crippen LogP contribution in [-0.4, -0.2) is 24.8 Å². The van der Waals surface area contributed by atoms with Crippen molar-refractivity contribution >= 4 is 5.65 Å². The molecule has 0 radical (unpaired) electrons. The third-order valence-electron chi connectivity index (χ3n) is 2.92. The summed E-state index contributed by atoms with van der Waals surface area (Å²) in [5.74, 6) is -3.08. The van der Waals surface area contributed by atoms with E-state index in [1.165, 1.54) is 0 Å². The molecule has 0 aliphatic heterocycles. The van der Waals surface area contributed by atoms with Crippen LogP contribution in [0.5, 0.6) is 0 Å². The molecule has 0 atom stereocenters. The lowest BCUT2D eigenvalue weighted by atomic mass is 10.2. The molecule has 0 saturated carbocycles. The van der Waals surface area contributed by atoms with Crippen molar-refractivity contribution < 1.29 is 30.7 Å². The van der Waals surface area contributed by atoms with Crippen molar-refractivity contribution in [2.75, 3.05) is 0 Å². The topological polar surface area (TPSA) is 56.0 Å². The molecule has 0 aliphatic rings. The fraction of sp³-hybridized carbons (Fsp3) is 0.167. The lowest BCUT2D eigenvalue weighted by Gasteiger charge is -2.08. The fourth-order valence-electron chi connectivity index (χ4n) is 1.91. The molecule has 3 aromatic heterocycles. The molecule has 0 spiro atoms. The van der Waals surface area contributed by atoms with E-state index in [0.29, 0.717) is 16.8 Å². The van der Waals surface area contributed by atoms with Crippen LogP contribution in [0.25, 0.3) is 16.9 Å². The van der Waals surface area contributed by atoms with Gasteiger partial charge in [-0.1, -0.05) is 0 Å². The number of halogens is 7. The third-order valence-corrected chi connectivity index (χ3v) is 2.92. The van der Waals surface area contributed by atoms with E-state index in [9.17, 15) is 30.7 Å². The number of nitrogens with zero attached hydrogens (tertiary/aromatic N) is 5. The van der Waals surface area contributed by atoms with E-state index in [4.69, 9.17) is 0 Å². The Morgan fingerprint density at radius 1 is 0.917 bits per heavy atom. The molecule has 0 bridgehead atoms. The number of alkyl halides is 6. The van der Waals surface area contributed by atoms with Gasteiger partial charge in [0.2, 0.25) is 0 Å². The van der Waals surface area contributed by atoms with Crippen LogP contribution in [0.3, 0.4) is 0 Å². The molecule has 12 heteroatoms. The zero-order valence-corrected chi connectivity index (χ0v) is 11.2. The third kappa shape index (κ3) is 2.74. The number of hydrogen-bond acceptors (Lipinski definition) is 4. The summed E-state index contributed by atoms with van der Waals surface area (Å²) in [7, 11) is 0. The van der Waals surface area contributed by atoms with Crippen molar-refractivity contribution in [2.45, 2.75) is 12.4 Å². The summed E-state index contributed by atoms with van der Waals surface area (Å²) in [5, 5.41) is 9.82. The average Bonchev–Trinajstić information content (AvgIpc) is 2.88. The molecule has 3 heterocycles. The smallest absolute Gasteiger partial charge is 0.248 e. The molecule has 0 saturated heterocycles. The first-order valence-corrected chi connectivity index (χ1v) is 6.10. The summed E-state index contributed by atoms with van der Waals surface area (Å²) in [6, 6.07) is 2.76. The number of pyridine rings is 1. The van der Waals surface area contributed by atoms with Gasteiger partial charge in [0.05, 0.1) is 5.69 Å². The van der Waals surface area contributed by atoms with Crippen molar-refractivity contribution in [3.8, 4) is 11.3 Å². The van der Waals surface area contributed by atoms with Gasteiger partial charge in [-0.3, -0.25) is 0 Å². The summed E-state index contributed by atoms with van der Waals surface area (Å²) in [4.78, 5) is 2.96. The van der Waals surface area contributed by atoms with E-state index in [-0.39, 0.29) is 16.9 Å². The zero-order valence-electron chi connectivity index (χ0n) is 11.2. The van der Waals surface area contributed by atoms with Crippen molar-refractivity contribution in [3.63, 3.8) is 0 Å². The van der Waals surface area contributed by atoms with E-state index in [2.05, 4.69) is 20.3 Å². The number of hydrogen-bond donors (Lipinski definition) is 0. The van der Waals surface area contributed by atoms with Gasteiger partial charge in [-0.25, -0.2) is 9.37 Å². The molecule has 0 N–H and O–H groups in total. The molecule has 3 aromatic rings. The van der Waals surface area contributed by atoms with Gasteiger partial charge < -0.3 is 0 Å². The summed E-state index contributed by atoms with van der Waals surface area (Å²) in [6.45, 7) is 0. The molecule has 0 aromatic carbocycles. The molecule has 0 fully saturated rings. The summed E-state index contributed by atoms with van der Waals surface area (Å²) in [5.41, 5.74) is -2.42. The zero-order chi connectivity index (χ0) is 17.7. The largest absolute Gasteiger partial charge is 0.453 e. The highest BCUT2D eigenvalue weighted by molar-refractivity contribution is 5.59. The Bertz CT molecular complexity index is 912. The Morgan fingerprint density at radius 2 is 1.62 bits per heavy atom. The van der Waals surface area contributed by atoms with Crippen molar-refractivity contribution in [3.05, 3.63) is 41.7 Å². The number of aromatic nitrogens is 5. The van der Waals surface area contributed by atoms with Crippen molar-refractivity contribution in [1.82, 2.24) is 24.8 Å². The van der Waals surface area contributed by atoms with Gasteiger partial charge in [-0.15, -0.1) is 10.2 Å². The fourth-order valence-corrected chi connectivity index (χ4v) is 1.91. The first-order chi connectivity index (χ1) is 11.1. The van der Waals surface area contributed by atoms with Crippen LogP contribution < -0.4 is 0 Å². The van der Waals surface area contributed by atoms with Gasteiger partial charge >= 0.3 is 12.4 Å². The maximum Gasteiger partial charge on any atom is 0.453 e. The van der Waals surface area contributed by atoms with Crippen LogP contribution >= 0.6 is 0 Å². The van der Waals surface area contributed by atoms with Gasteiger partial charge in [0.1, 0.15) is 0 Å². The van der Waals surface area contributed by atoms with E-state index < -0.39 is 29.7 Å². The lowest BCUT2D eigenvalue weighted by Crippen LogP contribution is -2.13. The quantitative estimate of drug-likeness (QED) is 0.631. The second-order valence-electron chi connectivity index (χ2n) is 4.56. The van der Waals surface area contributed by atoms with Crippen molar-refractivity contribution in [1.29, 1.82) is 0 Å². The molecular weight excluding hydrogens is 347 g/mol. The van der Waals surface area contributed by atoms with Crippen LogP contribution in [0, 0.1) is 5.82 Å². The minimum Gasteiger partial charge on any atom is -0.248 e. The monoisotopic (exact) mass is 351 g/mol. The van der Waals surface area contributed by atoms with Gasteiger partial charge in [0.25, 0.3) is 5.82 Å². The molecule has 0 amide bonds. The molecule has 0 unspecified atom stereocenters. The second kappa shape index (κ2) is 5.11. The van der Waals surface area contributed by atoms with Gasteiger partial charge in [0, 0.05) is 11.8 Å². The molecule has 126 valence electrons. The lowest BCUT2D eigenvalue weighted by molar-refractivity contribution is -0.146. The summed E-state index contributed by atoms with van der Waals surface area (Å²) in [6.07, 6.45) is -9.16. The van der Waals surface area contributed by atoms with Crippen LogP contribution in [0.4, 0.5) is 30.7 Å². The number of fused-ring (bicyclic) bond motifs is 1. The SMILES string of the molecule is Fc1cc(-c2ccc3nnc(C(F)(F)F)n3n2)cnc1C(F)(F)F. The molecule has 0 aliphatic carbocycles. The minimum absolute atomic E-state index is 0.229. The Kier molecular flexibility index (Phi) is 3.42. The Morgan fingerprint density at radius 3 is 2.21 bits per heavy atom. The number of rotatable bonds is 1. The maximum atomic E-state index is 13.5. The highest BCUT2D eigenvalue weighted by Gasteiger charge is 2.38. The second-order valence-corrected chi connectivity index (χ2v) is 4.56. The first kappa shape index (κ1) is 16.1. The molecule has 24 heavy (non-hydrogen) atoms. The average molecular weight is 351 g/mol. The van der Waals surface area contributed by atoms with Gasteiger partial charge in [-0.2, -0.15) is 36.0 Å². The van der Waals surface area contributed by atoms with Crippen LogP contribution in [0.15, 0.2) is 24.4 Å². The molecular formula is C12H4F7N5. The van der Waals surface area contributed by atoms with E-state index in [1.807, 2.05) is 0 Å². The van der Waals surface area contributed by atoms with Gasteiger partial charge in [0.15, 0.2) is 17.2 Å². The Labute approximate surface area is 127 Å². The van der Waals surface area contributed by atoms with Crippen LogP contribution in [0.2, 0.25) is 0 Å². The van der Waals surface area contributed by atoms with Crippen LogP contribution in [-0.2, 0) is 12.4 Å². The Hall–Kier alpha value is -2.79. The Balaban J connectivity index is 2.12. The minimum atomic E-state index is -4.99. The standard InChI is InChI=1S/C12H4F7N5/c13-6-3-5(4-20-9(6)11(14,15)16)7-1-2-8-21-22-10(12(17,18)19)24(8)23-7/h1-4H. The predicted molar refractivity (Wildman–Crippen MR) is 64.0 cm³/mol. The summed E-state index contributed by atoms with van der Waals surface area (Å²) >= 11 is 0. The maximum absolute atomic E-state index is 13.5. The highest BCUT2D eigenvalue weighted by Crippen LogP contribution is 2.32. The van der Waals surface area contributed by atoms with Gasteiger partial charge in [-0.05, 0) is 18.2 Å². The van der Waals surface area contributed by atoms with Crippen molar-refractivity contribution in [2.24, 2.45) is 0 Å². The first-order valence-electron chi connectivity index (χ1n) is 6.10. The summed E-state index contributed by atoms with van der Waals surface area (Å²) < 4.78 is 89.6. The van der Waals surface area contributed by atoms with E-state index in [0.717, 1.165) is 12.1 Å². The van der Waals surface area contributed by atoms with Crippen LogP contribution in [0.1, 0.15) is 11.5 Å². The normalized spacial score (nSPS) is 12.8. The van der Waals surface area contributed by atoms with E-state index >= 15 is 0 Å². The highest BCUT2D eigenvalue weighted by atomic mass is 19.4. The molecule has 3 rings (SSSR count). The predicted octanol–water partition coefficient (Wildman–Crippen LogP) is 3.36. The molecule has 5 nitrogen and oxygen atoms in total.